The lowest BCUT2D eigenvalue weighted by atomic mass is 9.85. The Kier molecular flexibility index (Phi) is 6.62. The van der Waals surface area contributed by atoms with E-state index in [1.807, 2.05) is 0 Å². The van der Waals surface area contributed by atoms with Crippen molar-refractivity contribution in [3.63, 3.8) is 0 Å². The summed E-state index contributed by atoms with van der Waals surface area (Å²) in [4.78, 5) is 24.5. The maximum atomic E-state index is 13.9. The second-order valence-electron chi connectivity index (χ2n) is 7.61. The Morgan fingerprint density at radius 1 is 0.968 bits per heavy atom. The molecule has 166 valence electrons. The van der Waals surface area contributed by atoms with Crippen LogP contribution >= 0.6 is 0 Å². The number of primary amides is 1. The number of alkyl halides is 3. The number of hydrogen-bond donors (Lipinski definition) is 2. The van der Waals surface area contributed by atoms with Gasteiger partial charge in [-0.3, -0.25) is 9.59 Å². The monoisotopic (exact) mass is 440 g/mol. The highest BCUT2D eigenvalue weighted by Gasteiger charge is 2.38. The first kappa shape index (κ1) is 22.7. The van der Waals surface area contributed by atoms with Gasteiger partial charge in [-0.1, -0.05) is 31.4 Å². The largest absolute Gasteiger partial charge is 0.416 e. The molecule has 1 atom stereocenters. The third-order valence-corrected chi connectivity index (χ3v) is 5.44. The Hall–Kier alpha value is -2.97. The Balaban J connectivity index is 2.12. The summed E-state index contributed by atoms with van der Waals surface area (Å²) in [6.07, 6.45) is -0.787. The van der Waals surface area contributed by atoms with Gasteiger partial charge in [-0.2, -0.15) is 13.2 Å². The van der Waals surface area contributed by atoms with Crippen LogP contribution in [0.5, 0.6) is 0 Å². The van der Waals surface area contributed by atoms with Gasteiger partial charge in [0.15, 0.2) is 11.6 Å². The molecule has 0 heterocycles. The number of rotatable bonds is 5. The summed E-state index contributed by atoms with van der Waals surface area (Å²) >= 11 is 0. The third-order valence-electron chi connectivity index (χ3n) is 5.44. The summed E-state index contributed by atoms with van der Waals surface area (Å²) in [7, 11) is 0. The highest BCUT2D eigenvalue weighted by molar-refractivity contribution is 5.94. The van der Waals surface area contributed by atoms with E-state index in [1.165, 1.54) is 0 Å². The highest BCUT2D eigenvalue weighted by atomic mass is 19.4. The summed E-state index contributed by atoms with van der Waals surface area (Å²) in [6.45, 7) is 0. The molecule has 0 saturated heterocycles. The fraction of sp³-hybridized carbons (Fsp3) is 0.364. The number of carbonyl (C=O) groups is 2. The minimum absolute atomic E-state index is 0.135. The van der Waals surface area contributed by atoms with Crippen LogP contribution in [0.15, 0.2) is 36.4 Å². The molecule has 0 bridgehead atoms. The van der Waals surface area contributed by atoms with E-state index in [9.17, 15) is 31.5 Å². The zero-order chi connectivity index (χ0) is 22.8. The summed E-state index contributed by atoms with van der Waals surface area (Å²) in [5.74, 6) is -5.84. The molecule has 2 amide bonds. The van der Waals surface area contributed by atoms with Gasteiger partial charge in [0.25, 0.3) is 0 Å². The van der Waals surface area contributed by atoms with Crippen LogP contribution in [0.3, 0.4) is 0 Å². The van der Waals surface area contributed by atoms with Gasteiger partial charge >= 0.3 is 6.18 Å². The lowest BCUT2D eigenvalue weighted by Crippen LogP contribution is -2.40. The van der Waals surface area contributed by atoms with E-state index in [2.05, 4.69) is 5.32 Å². The quantitative estimate of drug-likeness (QED) is 0.664. The van der Waals surface area contributed by atoms with Crippen LogP contribution in [0.1, 0.15) is 65.1 Å². The number of carbonyl (C=O) groups excluding carboxylic acids is 2. The average Bonchev–Trinajstić information content (AvgIpc) is 2.71. The van der Waals surface area contributed by atoms with Gasteiger partial charge in [0.1, 0.15) is 0 Å². The predicted octanol–water partition coefficient (Wildman–Crippen LogP) is 4.66. The number of nitrogens with two attached hydrogens (primary N) is 1. The normalized spacial score (nSPS) is 16.0. The molecule has 3 rings (SSSR count). The molecule has 0 aliphatic heterocycles. The summed E-state index contributed by atoms with van der Waals surface area (Å²) < 4.78 is 68.8. The van der Waals surface area contributed by atoms with E-state index in [0.29, 0.717) is 25.0 Å². The molecule has 0 radical (unpaired) electrons. The van der Waals surface area contributed by atoms with Crippen LogP contribution in [0, 0.1) is 11.6 Å². The molecule has 0 spiro atoms. The van der Waals surface area contributed by atoms with Gasteiger partial charge in [-0.15, -0.1) is 0 Å². The number of nitrogens with one attached hydrogen (secondary N) is 1. The minimum Gasteiger partial charge on any atom is -0.366 e. The number of benzene rings is 2. The van der Waals surface area contributed by atoms with E-state index in [4.69, 9.17) is 5.73 Å². The van der Waals surface area contributed by atoms with Crippen molar-refractivity contribution in [2.75, 3.05) is 0 Å². The second kappa shape index (κ2) is 9.03. The van der Waals surface area contributed by atoms with Crippen molar-refractivity contribution >= 4 is 11.8 Å². The smallest absolute Gasteiger partial charge is 0.366 e. The van der Waals surface area contributed by atoms with E-state index >= 15 is 0 Å². The van der Waals surface area contributed by atoms with Gasteiger partial charge in [0.05, 0.1) is 11.5 Å². The van der Waals surface area contributed by atoms with Gasteiger partial charge in [0, 0.05) is 11.6 Å². The molecule has 3 N–H and O–H groups in total. The molecule has 1 aliphatic rings. The number of hydrogen-bond acceptors (Lipinski definition) is 2. The maximum Gasteiger partial charge on any atom is 0.416 e. The van der Waals surface area contributed by atoms with Gasteiger partial charge in [-0.05, 0) is 48.2 Å². The Bertz CT molecular complexity index is 984. The molecule has 2 aromatic rings. The van der Waals surface area contributed by atoms with E-state index < -0.39 is 46.7 Å². The molecule has 1 saturated carbocycles. The molecule has 0 aromatic heterocycles. The van der Waals surface area contributed by atoms with Crippen molar-refractivity contribution in [3.8, 4) is 0 Å². The molecule has 1 unspecified atom stereocenters. The van der Waals surface area contributed by atoms with Crippen LogP contribution < -0.4 is 11.1 Å². The van der Waals surface area contributed by atoms with Crippen molar-refractivity contribution in [2.24, 2.45) is 5.73 Å². The van der Waals surface area contributed by atoms with E-state index in [1.54, 1.807) is 0 Å². The molecule has 2 aromatic carbocycles. The van der Waals surface area contributed by atoms with Crippen LogP contribution in [0.25, 0.3) is 0 Å². The fourth-order valence-electron chi connectivity index (χ4n) is 3.90. The van der Waals surface area contributed by atoms with Crippen molar-refractivity contribution in [2.45, 2.75) is 50.2 Å². The number of amides is 2. The van der Waals surface area contributed by atoms with Gasteiger partial charge in [0.2, 0.25) is 11.8 Å². The van der Waals surface area contributed by atoms with Crippen molar-refractivity contribution < 1.29 is 31.5 Å². The van der Waals surface area contributed by atoms with Crippen molar-refractivity contribution in [3.05, 3.63) is 70.3 Å². The molecular weight excluding hydrogens is 419 g/mol. The predicted molar refractivity (Wildman–Crippen MR) is 103 cm³/mol. The van der Waals surface area contributed by atoms with Crippen LogP contribution in [0.2, 0.25) is 0 Å². The molecule has 4 nitrogen and oxygen atoms in total. The average molecular weight is 440 g/mol. The van der Waals surface area contributed by atoms with Crippen molar-refractivity contribution in [1.29, 1.82) is 0 Å². The molecule has 31 heavy (non-hydrogen) atoms. The lowest BCUT2D eigenvalue weighted by molar-refractivity contribution is -0.138. The first-order valence-electron chi connectivity index (χ1n) is 9.84. The zero-order valence-electron chi connectivity index (χ0n) is 16.4. The Labute approximate surface area is 175 Å². The van der Waals surface area contributed by atoms with Gasteiger partial charge < -0.3 is 11.1 Å². The topological polar surface area (TPSA) is 72.2 Å². The third kappa shape index (κ3) is 5.21. The Morgan fingerprint density at radius 3 is 2.23 bits per heavy atom. The van der Waals surface area contributed by atoms with E-state index in [-0.39, 0.29) is 17.2 Å². The molecular formula is C22H21F5N2O2. The highest BCUT2D eigenvalue weighted by Crippen LogP contribution is 2.39. The second-order valence-corrected chi connectivity index (χ2v) is 7.61. The van der Waals surface area contributed by atoms with Crippen LogP contribution in [0.4, 0.5) is 22.0 Å². The fourth-order valence-corrected chi connectivity index (χ4v) is 3.90. The maximum absolute atomic E-state index is 13.9. The van der Waals surface area contributed by atoms with E-state index in [0.717, 1.165) is 43.5 Å². The minimum atomic E-state index is -4.91. The summed E-state index contributed by atoms with van der Waals surface area (Å²) in [5, 5.41) is 2.75. The van der Waals surface area contributed by atoms with Gasteiger partial charge in [-0.25, -0.2) is 8.78 Å². The first-order chi connectivity index (χ1) is 14.6. The first-order valence-corrected chi connectivity index (χ1v) is 9.84. The molecule has 1 aliphatic carbocycles. The number of halogens is 5. The Morgan fingerprint density at radius 2 is 1.65 bits per heavy atom. The summed E-state index contributed by atoms with van der Waals surface area (Å²) in [5.41, 5.74) is 2.88. The lowest BCUT2D eigenvalue weighted by Gasteiger charge is -2.27. The summed E-state index contributed by atoms with van der Waals surface area (Å²) in [6, 6.07) is 4.96. The molecule has 9 heteroatoms. The van der Waals surface area contributed by atoms with Crippen molar-refractivity contribution in [1.82, 2.24) is 5.32 Å². The van der Waals surface area contributed by atoms with Crippen LogP contribution in [-0.4, -0.2) is 17.9 Å². The standard InChI is InChI=1S/C22H21F5N2O2/c23-17-9-7-12(11-18(17)24)19(21(31)29-14-4-2-1-3-5-14)15-8-6-13(20(28)30)10-16(15)22(25,26)27/h6-11,14,19H,1-5H2,(H2,28,30)(H,29,31). The molecule has 1 fully saturated rings. The van der Waals surface area contributed by atoms with Crippen LogP contribution in [-0.2, 0) is 11.0 Å². The zero-order valence-corrected chi connectivity index (χ0v) is 16.4. The SMILES string of the molecule is NC(=O)c1ccc(C(C(=O)NC2CCCCC2)c2ccc(F)c(F)c2)c(C(F)(F)F)c1.